The number of esters is 1. The quantitative estimate of drug-likeness (QED) is 0.324. The number of nitro benzene ring substituents is 1. The van der Waals surface area contributed by atoms with Crippen LogP contribution in [0, 0.1) is 10.1 Å². The van der Waals surface area contributed by atoms with Gasteiger partial charge in [-0.3, -0.25) is 20.2 Å². The van der Waals surface area contributed by atoms with E-state index in [9.17, 15) is 24.5 Å². The molecular formula is C25H22N4O6. The number of primary amides is 1. The number of benzene rings is 2. The van der Waals surface area contributed by atoms with E-state index in [0.29, 0.717) is 46.1 Å². The van der Waals surface area contributed by atoms with E-state index < -0.39 is 28.9 Å². The van der Waals surface area contributed by atoms with Gasteiger partial charge >= 0.3 is 12.0 Å². The third-order valence-corrected chi connectivity index (χ3v) is 5.70. The molecule has 3 aromatic rings. The molecule has 0 bridgehead atoms. The Kier molecular flexibility index (Phi) is 6.54. The van der Waals surface area contributed by atoms with E-state index >= 15 is 0 Å². The molecule has 1 unspecified atom stereocenters. The summed E-state index contributed by atoms with van der Waals surface area (Å²) in [5.74, 6) is -1.55. The minimum absolute atomic E-state index is 0.0191. The summed E-state index contributed by atoms with van der Waals surface area (Å²) < 4.78 is 5.39. The molecule has 3 amide bonds. The molecule has 178 valence electrons. The first kappa shape index (κ1) is 23.6. The molecule has 0 spiro atoms. The van der Waals surface area contributed by atoms with Crippen molar-refractivity contribution >= 4 is 46.1 Å². The van der Waals surface area contributed by atoms with Crippen LogP contribution in [0.1, 0.15) is 46.9 Å². The zero-order valence-electron chi connectivity index (χ0n) is 18.8. The predicted octanol–water partition coefficient (Wildman–Crippen LogP) is 3.76. The van der Waals surface area contributed by atoms with E-state index in [0.717, 1.165) is 12.0 Å². The van der Waals surface area contributed by atoms with Crippen molar-refractivity contribution < 1.29 is 24.0 Å². The lowest BCUT2D eigenvalue weighted by molar-refractivity contribution is -0.384. The van der Waals surface area contributed by atoms with E-state index in [1.54, 1.807) is 36.4 Å². The number of nitro groups is 1. The number of non-ortho nitro benzene ring substituents is 1. The van der Waals surface area contributed by atoms with Crippen LogP contribution in [-0.4, -0.2) is 33.9 Å². The van der Waals surface area contributed by atoms with Gasteiger partial charge in [0.05, 0.1) is 21.7 Å². The predicted molar refractivity (Wildman–Crippen MR) is 128 cm³/mol. The van der Waals surface area contributed by atoms with Crippen molar-refractivity contribution in [3.63, 3.8) is 0 Å². The monoisotopic (exact) mass is 474 g/mol. The number of carbonyl (C=O) groups excluding carboxylic acids is 3. The lowest BCUT2D eigenvalue weighted by Gasteiger charge is -2.23. The number of aromatic nitrogens is 1. The molecule has 1 atom stereocenters. The van der Waals surface area contributed by atoms with Crippen LogP contribution in [0.2, 0.25) is 0 Å². The molecule has 1 aliphatic rings. The molecular weight excluding hydrogens is 452 g/mol. The Hall–Kier alpha value is -4.60. The molecule has 35 heavy (non-hydrogen) atoms. The van der Waals surface area contributed by atoms with Gasteiger partial charge in [0.1, 0.15) is 0 Å². The minimum Gasteiger partial charge on any atom is -0.449 e. The van der Waals surface area contributed by atoms with E-state index in [-0.39, 0.29) is 5.69 Å². The summed E-state index contributed by atoms with van der Waals surface area (Å²) in [6.07, 6.45) is 2.55. The number of allylic oxidation sites excluding steroid dienone is 1. The molecule has 0 saturated heterocycles. The van der Waals surface area contributed by atoms with Crippen molar-refractivity contribution in [2.24, 2.45) is 5.73 Å². The summed E-state index contributed by atoms with van der Waals surface area (Å²) in [4.78, 5) is 51.8. The number of amides is 3. The first-order valence-electron chi connectivity index (χ1n) is 10.9. The van der Waals surface area contributed by atoms with Gasteiger partial charge in [0.2, 0.25) is 0 Å². The second-order valence-corrected chi connectivity index (χ2v) is 8.11. The van der Waals surface area contributed by atoms with Gasteiger partial charge in [-0.1, -0.05) is 30.3 Å². The molecule has 4 rings (SSSR count). The number of hydrogen-bond donors (Lipinski definition) is 2. The van der Waals surface area contributed by atoms with E-state index in [1.165, 1.54) is 19.1 Å². The third kappa shape index (κ3) is 5.01. The number of urea groups is 1. The summed E-state index contributed by atoms with van der Waals surface area (Å²) in [7, 11) is 0. The van der Waals surface area contributed by atoms with Crippen molar-refractivity contribution in [1.82, 2.24) is 10.3 Å². The Balaban J connectivity index is 1.80. The van der Waals surface area contributed by atoms with Crippen molar-refractivity contribution in [2.45, 2.75) is 32.3 Å². The van der Waals surface area contributed by atoms with Crippen molar-refractivity contribution in [1.29, 1.82) is 0 Å². The Morgan fingerprint density at radius 1 is 1.17 bits per heavy atom. The van der Waals surface area contributed by atoms with E-state index in [4.69, 9.17) is 15.5 Å². The smallest absolute Gasteiger partial charge is 0.339 e. The lowest BCUT2D eigenvalue weighted by atomic mass is 9.86. The number of nitrogens with zero attached hydrogens (tertiary/aromatic N) is 2. The van der Waals surface area contributed by atoms with Crippen molar-refractivity contribution in [3.8, 4) is 0 Å². The van der Waals surface area contributed by atoms with Gasteiger partial charge in [-0.15, -0.1) is 0 Å². The Bertz CT molecular complexity index is 1400. The number of rotatable bonds is 5. The van der Waals surface area contributed by atoms with Gasteiger partial charge in [0, 0.05) is 17.5 Å². The number of para-hydroxylation sites is 1. The number of hydrogen-bond acceptors (Lipinski definition) is 7. The summed E-state index contributed by atoms with van der Waals surface area (Å²) >= 11 is 0. The third-order valence-electron chi connectivity index (χ3n) is 5.70. The fourth-order valence-corrected chi connectivity index (χ4v) is 4.13. The number of nitrogens with two attached hydrogens (primary N) is 1. The van der Waals surface area contributed by atoms with Crippen LogP contribution in [-0.2, 0) is 16.0 Å². The second kappa shape index (κ2) is 9.72. The minimum atomic E-state index is -1.25. The van der Waals surface area contributed by atoms with Crippen molar-refractivity contribution in [3.05, 3.63) is 81.0 Å². The standard InChI is InChI=1S/C25H22N4O6/c1-14(23(30)28-25(26)32)35-24(31)21-18-9-2-3-11-20(18)27-22-16(7-5-10-19(21)22)12-15-6-4-8-17(13-15)29(33)34/h2-4,6,8-9,11-14H,5,7,10H2,1H3,(H3,26,28,30,32)/b16-12+. The average molecular weight is 474 g/mol. The largest absolute Gasteiger partial charge is 0.449 e. The molecule has 0 aliphatic heterocycles. The first-order valence-corrected chi connectivity index (χ1v) is 10.9. The molecule has 3 N–H and O–H groups in total. The molecule has 0 saturated carbocycles. The van der Waals surface area contributed by atoms with Gasteiger partial charge in [-0.05, 0) is 55.0 Å². The maximum absolute atomic E-state index is 13.3. The van der Waals surface area contributed by atoms with Crippen LogP contribution in [0.15, 0.2) is 48.5 Å². The van der Waals surface area contributed by atoms with E-state index in [2.05, 4.69) is 0 Å². The summed E-state index contributed by atoms with van der Waals surface area (Å²) in [5.41, 5.74) is 8.61. The maximum Gasteiger partial charge on any atom is 0.339 e. The second-order valence-electron chi connectivity index (χ2n) is 8.11. The zero-order valence-corrected chi connectivity index (χ0v) is 18.8. The number of pyridine rings is 1. The molecule has 0 radical (unpaired) electrons. The number of imide groups is 1. The van der Waals surface area contributed by atoms with Gasteiger partial charge in [0.15, 0.2) is 6.10 Å². The fourth-order valence-electron chi connectivity index (χ4n) is 4.13. The Labute approximate surface area is 199 Å². The average Bonchev–Trinajstić information content (AvgIpc) is 2.82. The number of ether oxygens (including phenoxy) is 1. The summed E-state index contributed by atoms with van der Waals surface area (Å²) in [5, 5.41) is 13.6. The maximum atomic E-state index is 13.3. The normalized spacial score (nSPS) is 14.7. The highest BCUT2D eigenvalue weighted by Gasteiger charge is 2.28. The number of fused-ring (bicyclic) bond motifs is 2. The topological polar surface area (TPSA) is 155 Å². The molecule has 1 aromatic heterocycles. The Morgan fingerprint density at radius 3 is 2.69 bits per heavy atom. The highest BCUT2D eigenvalue weighted by molar-refractivity contribution is 6.07. The Morgan fingerprint density at radius 2 is 1.94 bits per heavy atom. The number of nitrogens with one attached hydrogen (secondary N) is 1. The molecule has 2 aromatic carbocycles. The van der Waals surface area contributed by atoms with Crippen LogP contribution in [0.25, 0.3) is 22.6 Å². The van der Waals surface area contributed by atoms with Crippen LogP contribution < -0.4 is 11.1 Å². The van der Waals surface area contributed by atoms with Gasteiger partial charge in [0.25, 0.3) is 11.6 Å². The molecule has 10 heteroatoms. The summed E-state index contributed by atoms with van der Waals surface area (Å²) in [6, 6.07) is 12.4. The number of carbonyl (C=O) groups is 3. The lowest BCUT2D eigenvalue weighted by Crippen LogP contribution is -2.42. The molecule has 10 nitrogen and oxygen atoms in total. The molecule has 1 heterocycles. The van der Waals surface area contributed by atoms with Crippen LogP contribution >= 0.6 is 0 Å². The highest BCUT2D eigenvalue weighted by Crippen LogP contribution is 2.36. The van der Waals surface area contributed by atoms with Gasteiger partial charge in [-0.25, -0.2) is 14.6 Å². The molecule has 0 fully saturated rings. The SMILES string of the molecule is CC(OC(=O)c1c2c(nc3ccccc13)/C(=C/c1cccc([N+](=O)[O-])c1)CCC2)C(=O)NC(N)=O. The first-order chi connectivity index (χ1) is 16.7. The van der Waals surface area contributed by atoms with Crippen LogP contribution in [0.3, 0.4) is 0 Å². The van der Waals surface area contributed by atoms with Crippen LogP contribution in [0.4, 0.5) is 10.5 Å². The highest BCUT2D eigenvalue weighted by atomic mass is 16.6. The van der Waals surface area contributed by atoms with Gasteiger partial charge < -0.3 is 10.5 Å². The van der Waals surface area contributed by atoms with E-state index in [1.807, 2.05) is 11.4 Å². The zero-order chi connectivity index (χ0) is 25.1. The fraction of sp³-hybridized carbons (Fsp3) is 0.200. The summed E-state index contributed by atoms with van der Waals surface area (Å²) in [6.45, 7) is 1.35. The van der Waals surface area contributed by atoms with Crippen LogP contribution in [0.5, 0.6) is 0 Å². The molecule has 1 aliphatic carbocycles. The van der Waals surface area contributed by atoms with Crippen molar-refractivity contribution in [2.75, 3.05) is 0 Å². The van der Waals surface area contributed by atoms with Gasteiger partial charge in [-0.2, -0.15) is 0 Å².